The van der Waals surface area contributed by atoms with Crippen molar-refractivity contribution < 1.29 is 4.79 Å². The second kappa shape index (κ2) is 5.19. The number of hydrogen-bond acceptors (Lipinski definition) is 1. The summed E-state index contributed by atoms with van der Waals surface area (Å²) in [4.78, 5) is 12.7. The number of carbonyl (C=O) groups excluding carboxylic acids is 1. The fourth-order valence-corrected chi connectivity index (χ4v) is 3.66. The van der Waals surface area contributed by atoms with Crippen molar-refractivity contribution in [3.05, 3.63) is 68.7 Å². The normalized spacial score (nSPS) is 10.9. The topological polar surface area (TPSA) is 22.0 Å². The van der Waals surface area contributed by atoms with Gasteiger partial charge in [-0.2, -0.15) is 0 Å². The second-order valence-corrected chi connectivity index (χ2v) is 6.49. The van der Waals surface area contributed by atoms with Crippen LogP contribution in [0.3, 0.4) is 0 Å². The molecule has 0 radical (unpaired) electrons. The number of ketones is 1. The van der Waals surface area contributed by atoms with E-state index in [4.69, 9.17) is 0 Å². The predicted octanol–water partition coefficient (Wildman–Crippen LogP) is 4.93. The number of hydrogen-bond donors (Lipinski definition) is 0. The first-order valence-electron chi connectivity index (χ1n) is 6.11. The van der Waals surface area contributed by atoms with Crippen LogP contribution in [0, 0.1) is 0 Å². The lowest BCUT2D eigenvalue weighted by Crippen LogP contribution is -2.00. The number of rotatable bonds is 2. The Bertz CT molecular complexity index is 800. The van der Waals surface area contributed by atoms with Gasteiger partial charge in [0.1, 0.15) is 0 Å². The fourth-order valence-electron chi connectivity index (χ4n) is 2.36. The molecule has 0 unspecified atom stereocenters. The van der Waals surface area contributed by atoms with Gasteiger partial charge in [0.25, 0.3) is 0 Å². The van der Waals surface area contributed by atoms with E-state index in [1.807, 2.05) is 60.3 Å². The highest BCUT2D eigenvalue weighted by molar-refractivity contribution is 9.11. The van der Waals surface area contributed by atoms with Crippen molar-refractivity contribution in [2.75, 3.05) is 0 Å². The number of aromatic nitrogens is 1. The molecule has 0 aliphatic heterocycles. The first kappa shape index (κ1) is 13.6. The molecule has 0 spiro atoms. The van der Waals surface area contributed by atoms with Crippen LogP contribution in [-0.4, -0.2) is 10.4 Å². The number of halogens is 2. The van der Waals surface area contributed by atoms with Gasteiger partial charge in [-0.15, -0.1) is 0 Å². The van der Waals surface area contributed by atoms with E-state index in [1.165, 1.54) is 0 Å². The van der Waals surface area contributed by atoms with Crippen LogP contribution < -0.4 is 0 Å². The summed E-state index contributed by atoms with van der Waals surface area (Å²) in [5.74, 6) is 0.0313. The van der Waals surface area contributed by atoms with Crippen molar-refractivity contribution in [2.45, 2.75) is 0 Å². The molecule has 0 bridgehead atoms. The number of para-hydroxylation sites is 1. The molecule has 0 fully saturated rings. The molecule has 0 aliphatic carbocycles. The standard InChI is InChI=1S/C16H11Br2NO/c1-19-9-14(13-4-2-3-5-15(13)19)16(20)10-6-11(17)8-12(18)7-10/h2-9H,1H3. The van der Waals surface area contributed by atoms with E-state index in [9.17, 15) is 4.79 Å². The van der Waals surface area contributed by atoms with E-state index in [2.05, 4.69) is 31.9 Å². The Morgan fingerprint density at radius 1 is 1.05 bits per heavy atom. The van der Waals surface area contributed by atoms with Gasteiger partial charge < -0.3 is 4.57 Å². The minimum atomic E-state index is 0.0313. The molecule has 4 heteroatoms. The Kier molecular flexibility index (Phi) is 3.52. The highest BCUT2D eigenvalue weighted by Gasteiger charge is 2.16. The highest BCUT2D eigenvalue weighted by atomic mass is 79.9. The van der Waals surface area contributed by atoms with Gasteiger partial charge in [0.05, 0.1) is 0 Å². The van der Waals surface area contributed by atoms with E-state index < -0.39 is 0 Å². The van der Waals surface area contributed by atoms with E-state index >= 15 is 0 Å². The van der Waals surface area contributed by atoms with E-state index in [-0.39, 0.29) is 5.78 Å². The van der Waals surface area contributed by atoms with Gasteiger partial charge >= 0.3 is 0 Å². The van der Waals surface area contributed by atoms with E-state index in [0.717, 1.165) is 25.4 Å². The van der Waals surface area contributed by atoms with Crippen LogP contribution in [0.1, 0.15) is 15.9 Å². The molecule has 1 aromatic heterocycles. The molecule has 2 aromatic carbocycles. The monoisotopic (exact) mass is 391 g/mol. The summed E-state index contributed by atoms with van der Waals surface area (Å²) in [5, 5.41) is 0.982. The van der Waals surface area contributed by atoms with Crippen molar-refractivity contribution in [1.82, 2.24) is 4.57 Å². The Morgan fingerprint density at radius 2 is 1.70 bits per heavy atom. The van der Waals surface area contributed by atoms with Crippen molar-refractivity contribution in [3.63, 3.8) is 0 Å². The lowest BCUT2D eigenvalue weighted by Gasteiger charge is -2.02. The van der Waals surface area contributed by atoms with Crippen LogP contribution in [0.15, 0.2) is 57.6 Å². The fraction of sp³-hybridized carbons (Fsp3) is 0.0625. The Balaban J connectivity index is 2.18. The largest absolute Gasteiger partial charge is 0.350 e. The number of nitrogens with zero attached hydrogens (tertiary/aromatic N) is 1. The van der Waals surface area contributed by atoms with Crippen LogP contribution in [0.25, 0.3) is 10.9 Å². The molecule has 0 aliphatic rings. The molecular formula is C16H11Br2NO. The second-order valence-electron chi connectivity index (χ2n) is 4.66. The minimum absolute atomic E-state index is 0.0313. The molecule has 3 aromatic rings. The third-order valence-corrected chi connectivity index (χ3v) is 4.18. The van der Waals surface area contributed by atoms with E-state index in [1.54, 1.807) is 0 Å². The number of fused-ring (bicyclic) bond motifs is 1. The molecule has 2 nitrogen and oxygen atoms in total. The van der Waals surface area contributed by atoms with Gasteiger partial charge in [0.15, 0.2) is 5.78 Å². The van der Waals surface area contributed by atoms with Gasteiger partial charge in [-0.05, 0) is 24.3 Å². The van der Waals surface area contributed by atoms with Gasteiger partial charge in [0.2, 0.25) is 0 Å². The van der Waals surface area contributed by atoms with Crippen LogP contribution in [0.4, 0.5) is 0 Å². The van der Waals surface area contributed by atoms with Crippen molar-refractivity contribution >= 4 is 48.5 Å². The van der Waals surface area contributed by atoms with E-state index in [0.29, 0.717) is 5.56 Å². The van der Waals surface area contributed by atoms with Crippen LogP contribution in [-0.2, 0) is 7.05 Å². The molecule has 100 valence electrons. The minimum Gasteiger partial charge on any atom is -0.350 e. The van der Waals surface area contributed by atoms with Gasteiger partial charge in [0, 0.05) is 44.2 Å². The highest BCUT2D eigenvalue weighted by Crippen LogP contribution is 2.26. The number of benzene rings is 2. The summed E-state index contributed by atoms with van der Waals surface area (Å²) < 4.78 is 3.75. The van der Waals surface area contributed by atoms with Crippen molar-refractivity contribution in [2.24, 2.45) is 7.05 Å². The Morgan fingerprint density at radius 3 is 2.40 bits per heavy atom. The molecule has 20 heavy (non-hydrogen) atoms. The summed E-state index contributed by atoms with van der Waals surface area (Å²) in [7, 11) is 1.95. The first-order valence-corrected chi connectivity index (χ1v) is 7.70. The molecule has 0 saturated carbocycles. The quantitative estimate of drug-likeness (QED) is 0.566. The zero-order valence-corrected chi connectivity index (χ0v) is 13.9. The average Bonchev–Trinajstić information content (AvgIpc) is 2.75. The zero-order valence-electron chi connectivity index (χ0n) is 10.7. The van der Waals surface area contributed by atoms with Crippen LogP contribution >= 0.6 is 31.9 Å². The van der Waals surface area contributed by atoms with Gasteiger partial charge in [-0.1, -0.05) is 50.1 Å². The summed E-state index contributed by atoms with van der Waals surface area (Å²) >= 11 is 6.84. The molecule has 3 rings (SSSR count). The van der Waals surface area contributed by atoms with Gasteiger partial charge in [-0.3, -0.25) is 4.79 Å². The first-order chi connectivity index (χ1) is 9.56. The van der Waals surface area contributed by atoms with Gasteiger partial charge in [-0.25, -0.2) is 0 Å². The molecule has 0 amide bonds. The third kappa shape index (κ3) is 2.34. The lowest BCUT2D eigenvalue weighted by molar-refractivity contribution is 0.104. The van der Waals surface area contributed by atoms with Crippen LogP contribution in [0.2, 0.25) is 0 Å². The van der Waals surface area contributed by atoms with Crippen LogP contribution in [0.5, 0.6) is 0 Å². The predicted molar refractivity (Wildman–Crippen MR) is 88.2 cm³/mol. The Labute approximate surface area is 133 Å². The smallest absolute Gasteiger partial charge is 0.195 e. The molecule has 1 heterocycles. The molecule has 0 atom stereocenters. The molecule has 0 N–H and O–H groups in total. The van der Waals surface area contributed by atoms with Crippen molar-refractivity contribution in [1.29, 1.82) is 0 Å². The maximum absolute atomic E-state index is 12.7. The lowest BCUT2D eigenvalue weighted by atomic mass is 10.0. The SMILES string of the molecule is Cn1cc(C(=O)c2cc(Br)cc(Br)c2)c2ccccc21. The summed E-state index contributed by atoms with van der Waals surface area (Å²) in [6, 6.07) is 13.5. The number of carbonyl (C=O) groups is 1. The van der Waals surface area contributed by atoms with Crippen molar-refractivity contribution in [3.8, 4) is 0 Å². The number of aryl methyl sites for hydroxylation is 1. The summed E-state index contributed by atoms with van der Waals surface area (Å²) in [5.41, 5.74) is 2.46. The molecule has 0 saturated heterocycles. The zero-order chi connectivity index (χ0) is 14.3. The summed E-state index contributed by atoms with van der Waals surface area (Å²) in [6.45, 7) is 0. The average molecular weight is 393 g/mol. The maximum Gasteiger partial charge on any atom is 0.195 e. The summed E-state index contributed by atoms with van der Waals surface area (Å²) in [6.07, 6.45) is 1.89. The Hall–Kier alpha value is -1.39. The third-order valence-electron chi connectivity index (χ3n) is 3.27. The maximum atomic E-state index is 12.7. The molecular weight excluding hydrogens is 382 g/mol.